The molecular weight excluding hydrogens is 368 g/mol. The van der Waals surface area contributed by atoms with E-state index >= 15 is 0 Å². The average Bonchev–Trinajstić information content (AvgIpc) is 2.66. The second-order valence-corrected chi connectivity index (χ2v) is 7.90. The van der Waals surface area contributed by atoms with E-state index in [1.54, 1.807) is 25.3 Å². The van der Waals surface area contributed by atoms with Crippen LogP contribution in [0.4, 0.5) is 5.69 Å². The van der Waals surface area contributed by atoms with Crippen molar-refractivity contribution in [1.82, 2.24) is 4.31 Å². The zero-order valence-corrected chi connectivity index (χ0v) is 16.4. The Balaban J connectivity index is 2.24. The van der Waals surface area contributed by atoms with Gasteiger partial charge in [0.2, 0.25) is 15.9 Å². The van der Waals surface area contributed by atoms with Gasteiger partial charge in [-0.15, -0.1) is 0 Å². The van der Waals surface area contributed by atoms with E-state index in [2.05, 4.69) is 5.32 Å². The van der Waals surface area contributed by atoms with Crippen LogP contribution in [0.25, 0.3) is 6.08 Å². The van der Waals surface area contributed by atoms with Gasteiger partial charge in [-0.1, -0.05) is 12.1 Å². The van der Waals surface area contributed by atoms with Gasteiger partial charge in [0, 0.05) is 20.2 Å². The highest BCUT2D eigenvalue weighted by Crippen LogP contribution is 2.28. The Labute approximate surface area is 159 Å². The molecule has 0 aliphatic rings. The predicted octanol–water partition coefficient (Wildman–Crippen LogP) is 2.61. The molecule has 144 valence electrons. The fraction of sp³-hybridized carbons (Fsp3) is 0.211. The fourth-order valence-electron chi connectivity index (χ4n) is 2.25. The van der Waals surface area contributed by atoms with Crippen molar-refractivity contribution < 1.29 is 22.7 Å². The van der Waals surface area contributed by atoms with E-state index in [0.717, 1.165) is 9.87 Å². The van der Waals surface area contributed by atoms with E-state index in [4.69, 9.17) is 9.47 Å². The first-order valence-corrected chi connectivity index (χ1v) is 9.45. The summed E-state index contributed by atoms with van der Waals surface area (Å²) in [6, 6.07) is 11.5. The smallest absolute Gasteiger partial charge is 0.248 e. The van der Waals surface area contributed by atoms with Crippen LogP contribution in [0, 0.1) is 0 Å². The average molecular weight is 390 g/mol. The largest absolute Gasteiger partial charge is 0.497 e. The van der Waals surface area contributed by atoms with Gasteiger partial charge in [-0.05, 0) is 42.0 Å². The number of nitrogens with zero attached hydrogens (tertiary/aromatic N) is 1. The van der Waals surface area contributed by atoms with Gasteiger partial charge < -0.3 is 14.8 Å². The highest BCUT2D eigenvalue weighted by atomic mass is 32.2. The molecule has 0 bridgehead atoms. The number of hydrogen-bond acceptors (Lipinski definition) is 5. The maximum Gasteiger partial charge on any atom is 0.248 e. The lowest BCUT2D eigenvalue weighted by molar-refractivity contribution is -0.111. The van der Waals surface area contributed by atoms with Crippen molar-refractivity contribution in [2.24, 2.45) is 0 Å². The Hall–Kier alpha value is -2.84. The molecule has 7 nitrogen and oxygen atoms in total. The van der Waals surface area contributed by atoms with Crippen LogP contribution in [0.2, 0.25) is 0 Å². The minimum absolute atomic E-state index is 0.0559. The monoisotopic (exact) mass is 390 g/mol. The molecule has 1 N–H and O–H groups in total. The van der Waals surface area contributed by atoms with Crippen LogP contribution in [0.3, 0.4) is 0 Å². The lowest BCUT2D eigenvalue weighted by atomic mass is 10.2. The van der Waals surface area contributed by atoms with Crippen molar-refractivity contribution in [3.8, 4) is 11.5 Å². The van der Waals surface area contributed by atoms with Crippen LogP contribution in [0.5, 0.6) is 11.5 Å². The lowest BCUT2D eigenvalue weighted by Crippen LogP contribution is -2.22. The van der Waals surface area contributed by atoms with Crippen LogP contribution in [-0.2, 0) is 14.8 Å². The number of sulfonamides is 1. The summed E-state index contributed by atoms with van der Waals surface area (Å²) in [5.74, 6) is 0.618. The van der Waals surface area contributed by atoms with Crippen molar-refractivity contribution in [2.45, 2.75) is 4.90 Å². The summed E-state index contributed by atoms with van der Waals surface area (Å²) >= 11 is 0. The fourth-order valence-corrected chi connectivity index (χ4v) is 3.18. The number of ether oxygens (including phenoxy) is 2. The summed E-state index contributed by atoms with van der Waals surface area (Å²) in [5, 5.41) is 2.65. The van der Waals surface area contributed by atoms with E-state index in [9.17, 15) is 13.2 Å². The number of amides is 1. The second-order valence-electron chi connectivity index (χ2n) is 5.75. The van der Waals surface area contributed by atoms with Crippen LogP contribution in [-0.4, -0.2) is 46.9 Å². The third kappa shape index (κ3) is 5.08. The van der Waals surface area contributed by atoms with E-state index in [1.165, 1.54) is 45.5 Å². The molecule has 0 saturated carbocycles. The summed E-state index contributed by atoms with van der Waals surface area (Å²) < 4.78 is 36.0. The molecule has 0 atom stereocenters. The number of rotatable bonds is 7. The Morgan fingerprint density at radius 1 is 1.07 bits per heavy atom. The van der Waals surface area contributed by atoms with E-state index in [1.807, 2.05) is 12.1 Å². The van der Waals surface area contributed by atoms with Crippen molar-refractivity contribution in [1.29, 1.82) is 0 Å². The Bertz CT molecular complexity index is 952. The third-order valence-electron chi connectivity index (χ3n) is 3.73. The number of anilines is 1. The summed E-state index contributed by atoms with van der Waals surface area (Å²) in [6.07, 6.45) is 2.98. The quantitative estimate of drug-likeness (QED) is 0.735. The molecule has 0 unspecified atom stereocenters. The van der Waals surface area contributed by atoms with Gasteiger partial charge in [0.05, 0.1) is 24.8 Å². The van der Waals surface area contributed by atoms with Gasteiger partial charge in [0.25, 0.3) is 0 Å². The zero-order valence-electron chi connectivity index (χ0n) is 15.6. The normalized spacial score (nSPS) is 11.6. The molecule has 8 heteroatoms. The molecule has 0 spiro atoms. The highest BCUT2D eigenvalue weighted by Gasteiger charge is 2.19. The Morgan fingerprint density at radius 2 is 1.81 bits per heavy atom. The molecule has 0 aliphatic heterocycles. The SMILES string of the molecule is COc1cccc(/C=C/C(=O)Nc2cc(S(=O)(=O)N(C)C)ccc2OC)c1. The molecule has 0 saturated heterocycles. The van der Waals surface area contributed by atoms with Crippen molar-refractivity contribution in [3.05, 3.63) is 54.1 Å². The first-order valence-electron chi connectivity index (χ1n) is 8.01. The van der Waals surface area contributed by atoms with Gasteiger partial charge in [0.1, 0.15) is 11.5 Å². The number of hydrogen-bond donors (Lipinski definition) is 1. The number of methoxy groups -OCH3 is 2. The number of carbonyl (C=O) groups excluding carboxylic acids is 1. The van der Waals surface area contributed by atoms with E-state index < -0.39 is 15.9 Å². The zero-order chi connectivity index (χ0) is 20.0. The van der Waals surface area contributed by atoms with Crippen LogP contribution < -0.4 is 14.8 Å². The molecule has 2 rings (SSSR count). The molecule has 0 radical (unpaired) electrons. The maximum absolute atomic E-state index is 12.3. The van der Waals surface area contributed by atoms with Crippen LogP contribution in [0.1, 0.15) is 5.56 Å². The molecule has 2 aromatic carbocycles. The summed E-state index contributed by atoms with van der Waals surface area (Å²) in [4.78, 5) is 12.3. The summed E-state index contributed by atoms with van der Waals surface area (Å²) in [7, 11) is 2.26. The van der Waals surface area contributed by atoms with E-state index in [0.29, 0.717) is 11.5 Å². The summed E-state index contributed by atoms with van der Waals surface area (Å²) in [6.45, 7) is 0. The van der Waals surface area contributed by atoms with Crippen molar-refractivity contribution in [2.75, 3.05) is 33.6 Å². The van der Waals surface area contributed by atoms with Gasteiger partial charge >= 0.3 is 0 Å². The topological polar surface area (TPSA) is 84.9 Å². The molecular formula is C19H22N2O5S. The Morgan fingerprint density at radius 3 is 2.44 bits per heavy atom. The number of benzene rings is 2. The second kappa shape index (κ2) is 8.70. The van der Waals surface area contributed by atoms with Gasteiger partial charge in [-0.2, -0.15) is 0 Å². The predicted molar refractivity (Wildman–Crippen MR) is 105 cm³/mol. The van der Waals surface area contributed by atoms with Gasteiger partial charge in [-0.25, -0.2) is 12.7 Å². The minimum Gasteiger partial charge on any atom is -0.497 e. The number of carbonyl (C=O) groups is 1. The minimum atomic E-state index is -3.63. The van der Waals surface area contributed by atoms with Gasteiger partial charge in [0.15, 0.2) is 0 Å². The lowest BCUT2D eigenvalue weighted by Gasteiger charge is -2.14. The highest BCUT2D eigenvalue weighted by molar-refractivity contribution is 7.89. The number of nitrogens with one attached hydrogen (secondary N) is 1. The molecule has 0 fully saturated rings. The molecule has 0 aromatic heterocycles. The molecule has 2 aromatic rings. The van der Waals surface area contributed by atoms with Crippen LogP contribution >= 0.6 is 0 Å². The molecule has 0 heterocycles. The van der Waals surface area contributed by atoms with Crippen molar-refractivity contribution in [3.63, 3.8) is 0 Å². The Kier molecular flexibility index (Phi) is 6.59. The van der Waals surface area contributed by atoms with E-state index in [-0.39, 0.29) is 10.6 Å². The maximum atomic E-state index is 12.3. The van der Waals surface area contributed by atoms with Gasteiger partial charge in [-0.3, -0.25) is 4.79 Å². The first kappa shape index (κ1) is 20.5. The first-order chi connectivity index (χ1) is 12.8. The van der Waals surface area contributed by atoms with Crippen molar-refractivity contribution >= 4 is 27.7 Å². The molecule has 0 aliphatic carbocycles. The van der Waals surface area contributed by atoms with Crippen LogP contribution in [0.15, 0.2) is 53.4 Å². The molecule has 1 amide bonds. The third-order valence-corrected chi connectivity index (χ3v) is 5.54. The summed E-state index contributed by atoms with van der Waals surface area (Å²) in [5.41, 5.74) is 1.06. The standard InChI is InChI=1S/C19H22N2O5S/c1-21(2)27(23,24)16-9-10-18(26-4)17(13-16)20-19(22)11-8-14-6-5-7-15(12-14)25-3/h5-13H,1-4H3,(H,20,22)/b11-8+. The molecule has 27 heavy (non-hydrogen) atoms.